The Bertz CT molecular complexity index is 485. The minimum Gasteiger partial charge on any atom is -0.342 e. The van der Waals surface area contributed by atoms with Gasteiger partial charge in [-0.1, -0.05) is 26.8 Å². The van der Waals surface area contributed by atoms with E-state index in [2.05, 4.69) is 42.9 Å². The van der Waals surface area contributed by atoms with Gasteiger partial charge in [0.1, 0.15) is 5.82 Å². The summed E-state index contributed by atoms with van der Waals surface area (Å²) >= 11 is 0. The van der Waals surface area contributed by atoms with Gasteiger partial charge in [0.05, 0.1) is 11.0 Å². The SMILES string of the molecule is CCc1nc2ccc(C(N)C(C)C)cc2[nH]1. The van der Waals surface area contributed by atoms with E-state index in [9.17, 15) is 0 Å². The number of hydrogen-bond acceptors (Lipinski definition) is 2. The first-order chi connectivity index (χ1) is 7.61. The topological polar surface area (TPSA) is 54.7 Å². The Balaban J connectivity index is 2.43. The first-order valence-electron chi connectivity index (χ1n) is 5.86. The van der Waals surface area contributed by atoms with Gasteiger partial charge in [-0.05, 0) is 23.6 Å². The fourth-order valence-electron chi connectivity index (χ4n) is 1.84. The summed E-state index contributed by atoms with van der Waals surface area (Å²) in [6.45, 7) is 6.37. The average molecular weight is 217 g/mol. The van der Waals surface area contributed by atoms with Crippen LogP contribution in [0.4, 0.5) is 0 Å². The molecule has 3 nitrogen and oxygen atoms in total. The normalized spacial score (nSPS) is 13.6. The molecule has 2 aromatic rings. The predicted octanol–water partition coefficient (Wildman–Crippen LogP) is 2.78. The van der Waals surface area contributed by atoms with Crippen LogP contribution in [-0.2, 0) is 6.42 Å². The summed E-state index contributed by atoms with van der Waals surface area (Å²) in [5.41, 5.74) is 9.42. The van der Waals surface area contributed by atoms with E-state index in [4.69, 9.17) is 5.73 Å². The number of aromatic amines is 1. The number of nitrogens with two attached hydrogens (primary N) is 1. The van der Waals surface area contributed by atoms with Crippen LogP contribution >= 0.6 is 0 Å². The zero-order valence-corrected chi connectivity index (χ0v) is 10.1. The van der Waals surface area contributed by atoms with E-state index in [1.165, 1.54) is 5.56 Å². The van der Waals surface area contributed by atoms with Crippen molar-refractivity contribution in [2.75, 3.05) is 0 Å². The lowest BCUT2D eigenvalue weighted by atomic mass is 9.97. The number of aromatic nitrogens is 2. The summed E-state index contributed by atoms with van der Waals surface area (Å²) in [5, 5.41) is 0. The highest BCUT2D eigenvalue weighted by atomic mass is 14.9. The molecule has 3 N–H and O–H groups in total. The molecule has 0 fully saturated rings. The van der Waals surface area contributed by atoms with Gasteiger partial charge in [0, 0.05) is 12.5 Å². The van der Waals surface area contributed by atoms with Gasteiger partial charge in [0.2, 0.25) is 0 Å². The summed E-state index contributed by atoms with van der Waals surface area (Å²) in [5.74, 6) is 1.48. The molecule has 0 spiro atoms. The van der Waals surface area contributed by atoms with Crippen molar-refractivity contribution in [2.45, 2.75) is 33.2 Å². The molecule has 2 rings (SSSR count). The molecule has 0 saturated carbocycles. The average Bonchev–Trinajstić information content (AvgIpc) is 2.69. The van der Waals surface area contributed by atoms with E-state index in [-0.39, 0.29) is 6.04 Å². The van der Waals surface area contributed by atoms with E-state index in [1.807, 2.05) is 6.07 Å². The van der Waals surface area contributed by atoms with Crippen molar-refractivity contribution in [2.24, 2.45) is 11.7 Å². The van der Waals surface area contributed by atoms with E-state index in [0.717, 1.165) is 23.3 Å². The summed E-state index contributed by atoms with van der Waals surface area (Å²) in [7, 11) is 0. The lowest BCUT2D eigenvalue weighted by Gasteiger charge is -2.15. The van der Waals surface area contributed by atoms with Crippen molar-refractivity contribution in [3.63, 3.8) is 0 Å². The van der Waals surface area contributed by atoms with Gasteiger partial charge in [-0.25, -0.2) is 4.98 Å². The second-order valence-corrected chi connectivity index (χ2v) is 4.58. The highest BCUT2D eigenvalue weighted by molar-refractivity contribution is 5.76. The Morgan fingerprint density at radius 2 is 2.12 bits per heavy atom. The van der Waals surface area contributed by atoms with Gasteiger partial charge >= 0.3 is 0 Å². The number of nitrogens with one attached hydrogen (secondary N) is 1. The fraction of sp³-hybridized carbons (Fsp3) is 0.462. The van der Waals surface area contributed by atoms with Crippen LogP contribution in [0.2, 0.25) is 0 Å². The van der Waals surface area contributed by atoms with Crippen molar-refractivity contribution in [1.82, 2.24) is 9.97 Å². The summed E-state index contributed by atoms with van der Waals surface area (Å²) < 4.78 is 0. The van der Waals surface area contributed by atoms with Crippen LogP contribution in [0.3, 0.4) is 0 Å². The number of aryl methyl sites for hydroxylation is 1. The molecule has 0 amide bonds. The lowest BCUT2D eigenvalue weighted by molar-refractivity contribution is 0.514. The van der Waals surface area contributed by atoms with Gasteiger partial charge in [0.15, 0.2) is 0 Å². The van der Waals surface area contributed by atoms with Gasteiger partial charge < -0.3 is 10.7 Å². The van der Waals surface area contributed by atoms with E-state index >= 15 is 0 Å². The molecule has 0 aliphatic heterocycles. The number of H-pyrrole nitrogens is 1. The van der Waals surface area contributed by atoms with Gasteiger partial charge in [-0.2, -0.15) is 0 Å². The summed E-state index contributed by atoms with van der Waals surface area (Å²) in [6, 6.07) is 6.33. The number of imidazole rings is 1. The minimum absolute atomic E-state index is 0.0952. The maximum atomic E-state index is 6.13. The monoisotopic (exact) mass is 217 g/mol. The second-order valence-electron chi connectivity index (χ2n) is 4.58. The molecule has 0 aliphatic rings. The van der Waals surface area contributed by atoms with Crippen LogP contribution in [0.1, 0.15) is 38.2 Å². The zero-order valence-electron chi connectivity index (χ0n) is 10.1. The number of nitrogens with zero attached hydrogens (tertiary/aromatic N) is 1. The molecule has 0 saturated heterocycles. The van der Waals surface area contributed by atoms with Crippen molar-refractivity contribution in [1.29, 1.82) is 0 Å². The van der Waals surface area contributed by atoms with Crippen LogP contribution in [-0.4, -0.2) is 9.97 Å². The minimum atomic E-state index is 0.0952. The van der Waals surface area contributed by atoms with E-state index < -0.39 is 0 Å². The second kappa shape index (κ2) is 4.26. The fourth-order valence-corrected chi connectivity index (χ4v) is 1.84. The Morgan fingerprint density at radius 1 is 1.38 bits per heavy atom. The number of fused-ring (bicyclic) bond motifs is 1. The summed E-state index contributed by atoms with van der Waals surface area (Å²) in [6.07, 6.45) is 0.931. The quantitative estimate of drug-likeness (QED) is 0.830. The molecule has 1 aromatic carbocycles. The van der Waals surface area contributed by atoms with Crippen molar-refractivity contribution in [3.8, 4) is 0 Å². The molecule has 1 heterocycles. The zero-order chi connectivity index (χ0) is 11.7. The molecule has 1 unspecified atom stereocenters. The van der Waals surface area contributed by atoms with Crippen LogP contribution in [0.5, 0.6) is 0 Å². The molecule has 16 heavy (non-hydrogen) atoms. The lowest BCUT2D eigenvalue weighted by Crippen LogP contribution is -2.16. The van der Waals surface area contributed by atoms with Crippen molar-refractivity contribution >= 4 is 11.0 Å². The van der Waals surface area contributed by atoms with E-state index in [1.54, 1.807) is 0 Å². The van der Waals surface area contributed by atoms with Crippen LogP contribution in [0, 0.1) is 5.92 Å². The van der Waals surface area contributed by atoms with Gasteiger partial charge in [-0.3, -0.25) is 0 Å². The first-order valence-corrected chi connectivity index (χ1v) is 5.86. The Kier molecular flexibility index (Phi) is 2.97. The molecule has 86 valence electrons. The van der Waals surface area contributed by atoms with Crippen molar-refractivity contribution in [3.05, 3.63) is 29.6 Å². The smallest absolute Gasteiger partial charge is 0.106 e. The molecule has 1 atom stereocenters. The number of benzene rings is 1. The molecule has 0 aliphatic carbocycles. The third-order valence-electron chi connectivity index (χ3n) is 2.99. The third kappa shape index (κ3) is 1.95. The van der Waals surface area contributed by atoms with E-state index in [0.29, 0.717) is 5.92 Å². The molecule has 0 bridgehead atoms. The Hall–Kier alpha value is -1.35. The molecule has 3 heteroatoms. The molecular formula is C13H19N3. The van der Waals surface area contributed by atoms with Crippen LogP contribution in [0.15, 0.2) is 18.2 Å². The Labute approximate surface area is 96.1 Å². The van der Waals surface area contributed by atoms with Crippen molar-refractivity contribution < 1.29 is 0 Å². The number of hydrogen-bond donors (Lipinski definition) is 2. The number of rotatable bonds is 3. The maximum absolute atomic E-state index is 6.13. The molecule has 0 radical (unpaired) electrons. The Morgan fingerprint density at radius 3 is 2.75 bits per heavy atom. The summed E-state index contributed by atoms with van der Waals surface area (Å²) in [4.78, 5) is 7.79. The molecule has 1 aromatic heterocycles. The first kappa shape index (κ1) is 11.1. The highest BCUT2D eigenvalue weighted by Crippen LogP contribution is 2.22. The maximum Gasteiger partial charge on any atom is 0.106 e. The molecular weight excluding hydrogens is 198 g/mol. The van der Waals surface area contributed by atoms with Gasteiger partial charge in [0.25, 0.3) is 0 Å². The third-order valence-corrected chi connectivity index (χ3v) is 2.99. The standard InChI is InChI=1S/C13H19N3/c1-4-12-15-10-6-5-9(7-11(10)16-12)13(14)8(2)3/h5-8,13H,4,14H2,1-3H3,(H,15,16). The predicted molar refractivity (Wildman–Crippen MR) is 67.2 cm³/mol. The van der Waals surface area contributed by atoms with Crippen LogP contribution < -0.4 is 5.73 Å². The highest BCUT2D eigenvalue weighted by Gasteiger charge is 2.11. The van der Waals surface area contributed by atoms with Gasteiger partial charge in [-0.15, -0.1) is 0 Å². The largest absolute Gasteiger partial charge is 0.342 e. The van der Waals surface area contributed by atoms with Crippen LogP contribution in [0.25, 0.3) is 11.0 Å².